The highest BCUT2D eigenvalue weighted by Crippen LogP contribution is 2.32. The van der Waals surface area contributed by atoms with Crippen molar-refractivity contribution >= 4 is 23.2 Å². The molecular formula is C15H14Cl2N2. The van der Waals surface area contributed by atoms with Crippen molar-refractivity contribution in [2.45, 2.75) is 32.1 Å². The topological polar surface area (TPSA) is 25.8 Å². The zero-order valence-corrected chi connectivity index (χ0v) is 12.2. The van der Waals surface area contributed by atoms with Crippen molar-refractivity contribution in [1.82, 2.24) is 9.97 Å². The maximum absolute atomic E-state index is 6.10. The summed E-state index contributed by atoms with van der Waals surface area (Å²) >= 11 is 12.2. The molecule has 1 atom stereocenters. The van der Waals surface area contributed by atoms with Crippen LogP contribution in [0.2, 0.25) is 10.3 Å². The van der Waals surface area contributed by atoms with Gasteiger partial charge in [-0.3, -0.25) is 0 Å². The van der Waals surface area contributed by atoms with Gasteiger partial charge in [0.25, 0.3) is 0 Å². The highest BCUT2D eigenvalue weighted by molar-refractivity contribution is 6.34. The first-order valence-corrected chi connectivity index (χ1v) is 7.17. The molecule has 4 heteroatoms. The average Bonchev–Trinajstić information content (AvgIpc) is 2.43. The van der Waals surface area contributed by atoms with Gasteiger partial charge in [0, 0.05) is 11.5 Å². The summed E-state index contributed by atoms with van der Waals surface area (Å²) in [6.45, 7) is 1.84. The van der Waals surface area contributed by atoms with E-state index in [1.54, 1.807) is 0 Å². The van der Waals surface area contributed by atoms with Crippen LogP contribution in [-0.2, 0) is 12.8 Å². The van der Waals surface area contributed by atoms with Crippen molar-refractivity contribution in [3.05, 3.63) is 57.1 Å². The second-order valence-electron chi connectivity index (χ2n) is 5.00. The van der Waals surface area contributed by atoms with Gasteiger partial charge in [-0.25, -0.2) is 9.97 Å². The third kappa shape index (κ3) is 2.47. The van der Waals surface area contributed by atoms with Crippen molar-refractivity contribution in [2.75, 3.05) is 0 Å². The molecule has 0 saturated carbocycles. The van der Waals surface area contributed by atoms with Crippen LogP contribution in [0.5, 0.6) is 0 Å². The molecule has 1 heterocycles. The van der Waals surface area contributed by atoms with Gasteiger partial charge in [-0.2, -0.15) is 0 Å². The van der Waals surface area contributed by atoms with Crippen LogP contribution in [0.1, 0.15) is 34.9 Å². The summed E-state index contributed by atoms with van der Waals surface area (Å²) in [6.07, 6.45) is 3.08. The van der Waals surface area contributed by atoms with Gasteiger partial charge in [0.15, 0.2) is 0 Å². The van der Waals surface area contributed by atoms with Crippen LogP contribution in [-0.4, -0.2) is 9.97 Å². The van der Waals surface area contributed by atoms with E-state index in [0.29, 0.717) is 16.2 Å². The van der Waals surface area contributed by atoms with E-state index in [9.17, 15) is 0 Å². The summed E-state index contributed by atoms with van der Waals surface area (Å²) < 4.78 is 0. The molecule has 2 nitrogen and oxygen atoms in total. The minimum atomic E-state index is 0.311. The van der Waals surface area contributed by atoms with Crippen LogP contribution in [0.15, 0.2) is 24.3 Å². The number of rotatable bonds is 1. The number of halogens is 2. The average molecular weight is 293 g/mol. The molecule has 1 unspecified atom stereocenters. The highest BCUT2D eigenvalue weighted by Gasteiger charge is 2.23. The van der Waals surface area contributed by atoms with Crippen molar-refractivity contribution in [3.63, 3.8) is 0 Å². The Morgan fingerprint density at radius 3 is 2.37 bits per heavy atom. The highest BCUT2D eigenvalue weighted by atomic mass is 35.5. The van der Waals surface area contributed by atoms with Gasteiger partial charge in [-0.15, -0.1) is 0 Å². The van der Waals surface area contributed by atoms with Crippen LogP contribution in [0.4, 0.5) is 0 Å². The smallest absolute Gasteiger partial charge is 0.137 e. The molecular weight excluding hydrogens is 279 g/mol. The Bertz CT molecular complexity index is 602. The molecule has 0 fully saturated rings. The van der Waals surface area contributed by atoms with Gasteiger partial charge < -0.3 is 0 Å². The van der Waals surface area contributed by atoms with Crippen LogP contribution < -0.4 is 0 Å². The zero-order chi connectivity index (χ0) is 13.4. The lowest BCUT2D eigenvalue weighted by Gasteiger charge is -2.23. The van der Waals surface area contributed by atoms with Gasteiger partial charge in [-0.05, 0) is 37.3 Å². The lowest BCUT2D eigenvalue weighted by Crippen LogP contribution is -2.15. The normalized spacial score (nSPS) is 18.2. The summed E-state index contributed by atoms with van der Waals surface area (Å²) in [4.78, 5) is 8.80. The van der Waals surface area contributed by atoms with Gasteiger partial charge in [0.1, 0.15) is 16.1 Å². The molecule has 0 aliphatic heterocycles. The fraction of sp³-hybridized carbons (Fsp3) is 0.333. The third-order valence-corrected chi connectivity index (χ3v) is 4.49. The molecule has 3 rings (SSSR count). The van der Waals surface area contributed by atoms with Crippen LogP contribution in [0.25, 0.3) is 0 Å². The van der Waals surface area contributed by atoms with E-state index in [1.165, 1.54) is 11.1 Å². The predicted octanol–water partition coefficient (Wildman–Crippen LogP) is 4.36. The molecule has 0 radical (unpaired) electrons. The van der Waals surface area contributed by atoms with E-state index in [4.69, 9.17) is 23.2 Å². The number of hydrogen-bond donors (Lipinski definition) is 0. The van der Waals surface area contributed by atoms with Crippen LogP contribution >= 0.6 is 23.2 Å². The van der Waals surface area contributed by atoms with Gasteiger partial charge in [0.2, 0.25) is 0 Å². The number of aromatic nitrogens is 2. The number of fused-ring (bicyclic) bond motifs is 1. The van der Waals surface area contributed by atoms with Crippen molar-refractivity contribution in [2.24, 2.45) is 0 Å². The van der Waals surface area contributed by atoms with Crippen molar-refractivity contribution in [3.8, 4) is 0 Å². The maximum atomic E-state index is 6.10. The van der Waals surface area contributed by atoms with E-state index in [1.807, 2.05) is 6.92 Å². The fourth-order valence-corrected chi connectivity index (χ4v) is 2.98. The Balaban J connectivity index is 1.93. The number of hydrogen-bond acceptors (Lipinski definition) is 2. The molecule has 0 saturated heterocycles. The summed E-state index contributed by atoms with van der Waals surface area (Å²) in [5.74, 6) is 1.08. The second-order valence-corrected chi connectivity index (χ2v) is 5.71. The van der Waals surface area contributed by atoms with Crippen LogP contribution in [0, 0.1) is 6.92 Å². The minimum absolute atomic E-state index is 0.311. The molecule has 0 bridgehead atoms. The molecule has 1 aromatic heterocycles. The molecule has 2 aromatic rings. The lowest BCUT2D eigenvalue weighted by molar-refractivity contribution is 0.554. The van der Waals surface area contributed by atoms with E-state index in [-0.39, 0.29) is 0 Å². The quantitative estimate of drug-likeness (QED) is 0.730. The van der Waals surface area contributed by atoms with Gasteiger partial charge >= 0.3 is 0 Å². The van der Waals surface area contributed by atoms with Crippen LogP contribution in [0.3, 0.4) is 0 Å². The summed E-state index contributed by atoms with van der Waals surface area (Å²) in [6, 6.07) is 8.55. The lowest BCUT2D eigenvalue weighted by atomic mass is 9.83. The molecule has 0 amide bonds. The summed E-state index contributed by atoms with van der Waals surface area (Å²) in [5.41, 5.74) is 3.57. The molecule has 1 aromatic carbocycles. The third-order valence-electron chi connectivity index (χ3n) is 3.76. The first kappa shape index (κ1) is 12.9. The maximum Gasteiger partial charge on any atom is 0.137 e. The first-order chi connectivity index (χ1) is 9.15. The molecule has 0 N–H and O–H groups in total. The van der Waals surface area contributed by atoms with E-state index in [0.717, 1.165) is 30.7 Å². The Hall–Kier alpha value is -1.12. The Labute approximate surface area is 122 Å². The Kier molecular flexibility index (Phi) is 3.46. The number of benzene rings is 1. The predicted molar refractivity (Wildman–Crippen MR) is 78.0 cm³/mol. The summed E-state index contributed by atoms with van der Waals surface area (Å²) in [5, 5.41) is 0.933. The van der Waals surface area contributed by atoms with E-state index in [2.05, 4.69) is 34.2 Å². The zero-order valence-electron chi connectivity index (χ0n) is 10.7. The van der Waals surface area contributed by atoms with Crippen molar-refractivity contribution < 1.29 is 0 Å². The molecule has 98 valence electrons. The van der Waals surface area contributed by atoms with E-state index >= 15 is 0 Å². The standard InChI is InChI=1S/C15H14Cl2N2/c1-9-13(16)18-15(19-14(9)17)12-7-6-10-4-2-3-5-11(10)8-12/h2-5,12H,6-8H2,1H3. The monoisotopic (exact) mass is 292 g/mol. The number of aryl methyl sites for hydroxylation is 1. The minimum Gasteiger partial charge on any atom is -0.221 e. The SMILES string of the molecule is Cc1c(Cl)nc(C2CCc3ccccc3C2)nc1Cl. The first-order valence-electron chi connectivity index (χ1n) is 6.41. The van der Waals surface area contributed by atoms with Gasteiger partial charge in [-0.1, -0.05) is 47.5 Å². The molecule has 19 heavy (non-hydrogen) atoms. The van der Waals surface area contributed by atoms with Crippen molar-refractivity contribution in [1.29, 1.82) is 0 Å². The molecule has 1 aliphatic rings. The van der Waals surface area contributed by atoms with Gasteiger partial charge in [0.05, 0.1) is 0 Å². The summed E-state index contributed by atoms with van der Waals surface area (Å²) in [7, 11) is 0. The number of nitrogens with zero attached hydrogens (tertiary/aromatic N) is 2. The Morgan fingerprint density at radius 1 is 1.05 bits per heavy atom. The molecule has 0 spiro atoms. The molecule has 1 aliphatic carbocycles. The fourth-order valence-electron chi connectivity index (χ4n) is 2.58. The Morgan fingerprint density at radius 2 is 1.68 bits per heavy atom. The second kappa shape index (κ2) is 5.10. The largest absolute Gasteiger partial charge is 0.221 e. The van der Waals surface area contributed by atoms with E-state index < -0.39 is 0 Å².